The molecule has 0 aliphatic rings. The van der Waals surface area contributed by atoms with Crippen LogP contribution in [0.3, 0.4) is 0 Å². The maximum Gasteiger partial charge on any atom is 0.268 e. The number of phosphoric ester groups is 1. The van der Waals surface area contributed by atoms with Gasteiger partial charge in [0.1, 0.15) is 13.2 Å². The number of phosphoric acid groups is 1. The van der Waals surface area contributed by atoms with Gasteiger partial charge in [-0.1, -0.05) is 6.07 Å². The van der Waals surface area contributed by atoms with Crippen LogP contribution in [0.1, 0.15) is 18.9 Å². The van der Waals surface area contributed by atoms with Crippen LogP contribution in [0.4, 0.5) is 0 Å². The summed E-state index contributed by atoms with van der Waals surface area (Å²) in [5.41, 5.74) is 0.785. The molecule has 1 aromatic carbocycles. The third kappa shape index (κ3) is 7.81. The van der Waals surface area contributed by atoms with Gasteiger partial charge in [0.25, 0.3) is 7.82 Å². The topological polar surface area (TPSA) is 99.1 Å². The van der Waals surface area contributed by atoms with Crippen LogP contribution in [0.5, 0.6) is 11.5 Å². The monoisotopic (exact) mass is 347 g/mol. The van der Waals surface area contributed by atoms with Crippen LogP contribution in [0.2, 0.25) is 0 Å². The van der Waals surface area contributed by atoms with E-state index in [-0.39, 0.29) is 24.7 Å². The Morgan fingerprint density at radius 1 is 1.17 bits per heavy atom. The molecule has 8 heteroatoms. The van der Waals surface area contributed by atoms with Crippen LogP contribution in [-0.4, -0.2) is 55.1 Å². The van der Waals surface area contributed by atoms with Gasteiger partial charge >= 0.3 is 0 Å². The van der Waals surface area contributed by atoms with Crippen molar-refractivity contribution in [1.82, 2.24) is 0 Å². The molecule has 1 unspecified atom stereocenters. The van der Waals surface area contributed by atoms with Gasteiger partial charge in [-0.2, -0.15) is 0 Å². The Hall–Kier alpha value is -1.11. The molecule has 0 aliphatic heterocycles. The van der Waals surface area contributed by atoms with Gasteiger partial charge in [0, 0.05) is 0 Å². The van der Waals surface area contributed by atoms with Crippen molar-refractivity contribution in [3.63, 3.8) is 0 Å². The van der Waals surface area contributed by atoms with Crippen molar-refractivity contribution in [2.45, 2.75) is 19.8 Å². The van der Waals surface area contributed by atoms with Crippen LogP contribution in [0.15, 0.2) is 18.2 Å². The van der Waals surface area contributed by atoms with Crippen molar-refractivity contribution < 1.29 is 33.2 Å². The SMILES string of the molecule is CC[N+](C)(C)CCOP(=O)([O-])OCCCc1ccc(O)c(O)c1. The molecule has 0 radical (unpaired) electrons. The first-order valence-corrected chi connectivity index (χ1v) is 9.04. The second-order valence-corrected chi connectivity index (χ2v) is 7.43. The third-order valence-corrected chi connectivity index (χ3v) is 4.70. The number of aromatic hydroxyl groups is 2. The molecule has 0 bridgehead atoms. The maximum atomic E-state index is 11.6. The second kappa shape index (κ2) is 8.66. The van der Waals surface area contributed by atoms with E-state index in [9.17, 15) is 19.7 Å². The first kappa shape index (κ1) is 19.9. The zero-order chi connectivity index (χ0) is 17.5. The molecule has 7 nitrogen and oxygen atoms in total. The molecule has 0 heterocycles. The highest BCUT2D eigenvalue weighted by Gasteiger charge is 2.15. The molecule has 132 valence electrons. The predicted octanol–water partition coefficient (Wildman–Crippen LogP) is 1.63. The van der Waals surface area contributed by atoms with E-state index in [2.05, 4.69) is 0 Å². The van der Waals surface area contributed by atoms with Crippen molar-refractivity contribution >= 4 is 7.82 Å². The summed E-state index contributed by atoms with van der Waals surface area (Å²) in [6.45, 7) is 3.59. The number of phenols is 2. The minimum absolute atomic E-state index is 0.00838. The van der Waals surface area contributed by atoms with Gasteiger partial charge in [0.05, 0.1) is 27.2 Å². The largest absolute Gasteiger partial charge is 0.756 e. The molecule has 0 fully saturated rings. The van der Waals surface area contributed by atoms with Gasteiger partial charge in [-0.3, -0.25) is 4.57 Å². The fourth-order valence-electron chi connectivity index (χ4n) is 1.77. The summed E-state index contributed by atoms with van der Waals surface area (Å²) in [4.78, 5) is 11.6. The molecule has 0 saturated heterocycles. The van der Waals surface area contributed by atoms with Crippen molar-refractivity contribution in [3.05, 3.63) is 23.8 Å². The van der Waals surface area contributed by atoms with E-state index in [0.717, 1.165) is 12.1 Å². The van der Waals surface area contributed by atoms with Crippen LogP contribution >= 0.6 is 7.82 Å². The second-order valence-electron chi connectivity index (χ2n) is 6.02. The first-order chi connectivity index (χ1) is 10.7. The van der Waals surface area contributed by atoms with Gasteiger partial charge in [-0.15, -0.1) is 0 Å². The Bertz CT molecular complexity index is 549. The molecule has 0 aromatic heterocycles. The quantitative estimate of drug-likeness (QED) is 0.289. The number of benzene rings is 1. The third-order valence-electron chi connectivity index (χ3n) is 3.70. The minimum Gasteiger partial charge on any atom is -0.756 e. The lowest BCUT2D eigenvalue weighted by atomic mass is 10.1. The average molecular weight is 347 g/mol. The summed E-state index contributed by atoms with van der Waals surface area (Å²) in [6.07, 6.45) is 0.976. The Morgan fingerprint density at radius 2 is 1.83 bits per heavy atom. The Kier molecular flexibility index (Phi) is 7.51. The number of aryl methyl sites for hydroxylation is 1. The van der Waals surface area contributed by atoms with Crippen molar-refractivity contribution in [2.24, 2.45) is 0 Å². The van der Waals surface area contributed by atoms with Crippen LogP contribution < -0.4 is 4.89 Å². The Balaban J connectivity index is 2.28. The highest BCUT2D eigenvalue weighted by molar-refractivity contribution is 7.45. The van der Waals surface area contributed by atoms with E-state index in [1.165, 1.54) is 12.1 Å². The van der Waals surface area contributed by atoms with Crippen molar-refractivity contribution in [1.29, 1.82) is 0 Å². The summed E-state index contributed by atoms with van der Waals surface area (Å²) in [6, 6.07) is 4.49. The molecule has 1 rings (SSSR count). The standard InChI is InChI=1S/C15H26NO6P/c1-4-16(2,3)9-11-22-23(19,20)21-10-5-6-13-7-8-14(17)15(18)12-13/h7-8,12H,4-6,9-11H2,1-3H3,(H2-,17,18,19,20). The van der Waals surface area contributed by atoms with Gasteiger partial charge in [-0.05, 0) is 37.5 Å². The predicted molar refractivity (Wildman–Crippen MR) is 85.1 cm³/mol. The van der Waals surface area contributed by atoms with Crippen molar-refractivity contribution in [2.75, 3.05) is 40.4 Å². The molecular formula is C15H26NO6P. The van der Waals surface area contributed by atoms with Gasteiger partial charge in [-0.25, -0.2) is 0 Å². The smallest absolute Gasteiger partial charge is 0.268 e. The van der Waals surface area contributed by atoms with E-state index in [1.807, 2.05) is 21.0 Å². The van der Waals surface area contributed by atoms with Crippen LogP contribution in [0.25, 0.3) is 0 Å². The zero-order valence-electron chi connectivity index (χ0n) is 13.9. The van der Waals surface area contributed by atoms with E-state index >= 15 is 0 Å². The average Bonchev–Trinajstić information content (AvgIpc) is 2.47. The molecule has 0 spiro atoms. The molecular weight excluding hydrogens is 321 g/mol. The lowest BCUT2D eigenvalue weighted by Gasteiger charge is -2.29. The molecule has 1 aromatic rings. The number of rotatable bonds is 10. The minimum atomic E-state index is -4.28. The number of hydrogen-bond acceptors (Lipinski definition) is 6. The molecule has 0 aliphatic carbocycles. The number of nitrogens with zero attached hydrogens (tertiary/aromatic N) is 1. The zero-order valence-corrected chi connectivity index (χ0v) is 14.8. The molecule has 23 heavy (non-hydrogen) atoms. The Morgan fingerprint density at radius 3 is 2.43 bits per heavy atom. The first-order valence-electron chi connectivity index (χ1n) is 7.58. The number of phenolic OH excluding ortho intramolecular Hbond substituents is 2. The van der Waals surface area contributed by atoms with Crippen LogP contribution in [-0.2, 0) is 20.0 Å². The molecule has 0 saturated carbocycles. The summed E-state index contributed by atoms with van der Waals surface area (Å²) in [5, 5.41) is 18.6. The fourth-order valence-corrected chi connectivity index (χ4v) is 2.50. The number of likely N-dealkylation sites (N-methyl/N-ethyl adjacent to an activating group) is 1. The highest BCUT2D eigenvalue weighted by atomic mass is 31.2. The summed E-state index contributed by atoms with van der Waals surface area (Å²) in [7, 11) is -0.291. The molecule has 0 amide bonds. The number of hydrogen-bond donors (Lipinski definition) is 2. The summed E-state index contributed by atoms with van der Waals surface area (Å²) < 4.78 is 21.9. The molecule has 1 atom stereocenters. The van der Waals surface area contributed by atoms with Gasteiger partial charge in [0.2, 0.25) is 0 Å². The van der Waals surface area contributed by atoms with E-state index in [0.29, 0.717) is 23.9 Å². The normalized spacial score (nSPS) is 14.6. The van der Waals surface area contributed by atoms with Gasteiger partial charge < -0.3 is 28.6 Å². The molecule has 2 N–H and O–H groups in total. The number of quaternary nitrogens is 1. The van der Waals surface area contributed by atoms with E-state index < -0.39 is 7.82 Å². The van der Waals surface area contributed by atoms with Crippen molar-refractivity contribution in [3.8, 4) is 11.5 Å². The summed E-state index contributed by atoms with van der Waals surface area (Å²) >= 11 is 0. The van der Waals surface area contributed by atoms with E-state index in [4.69, 9.17) is 9.05 Å². The highest BCUT2D eigenvalue weighted by Crippen LogP contribution is 2.38. The van der Waals surface area contributed by atoms with E-state index in [1.54, 1.807) is 6.07 Å². The fraction of sp³-hybridized carbons (Fsp3) is 0.600. The summed E-state index contributed by atoms with van der Waals surface area (Å²) in [5.74, 6) is -0.381. The Labute approximate surface area is 137 Å². The lowest BCUT2D eigenvalue weighted by molar-refractivity contribution is -0.888. The van der Waals surface area contributed by atoms with Crippen LogP contribution in [0, 0.1) is 0 Å². The van der Waals surface area contributed by atoms with Gasteiger partial charge in [0.15, 0.2) is 11.5 Å². The lowest BCUT2D eigenvalue weighted by Crippen LogP contribution is -2.41. The maximum absolute atomic E-state index is 11.6.